The zero-order valence-corrected chi connectivity index (χ0v) is 10.7. The third kappa shape index (κ3) is 2.85. The number of aromatic nitrogens is 2. The van der Waals surface area contributed by atoms with E-state index in [4.69, 9.17) is 0 Å². The molecule has 0 spiro atoms. The fourth-order valence-electron chi connectivity index (χ4n) is 1.88. The van der Waals surface area contributed by atoms with E-state index < -0.39 is 17.2 Å². The van der Waals surface area contributed by atoms with Crippen molar-refractivity contribution < 1.29 is 15.3 Å². The summed E-state index contributed by atoms with van der Waals surface area (Å²) in [6.45, 7) is 1.54. The molecule has 0 aliphatic heterocycles. The molecule has 106 valence electrons. The maximum atomic E-state index is 11.7. The molecule has 2 rings (SSSR count). The van der Waals surface area contributed by atoms with Crippen molar-refractivity contribution in [3.8, 4) is 0 Å². The summed E-state index contributed by atoms with van der Waals surface area (Å²) in [5.74, 6) is -2.99. The highest BCUT2D eigenvalue weighted by Crippen LogP contribution is 2.26. The first-order valence-corrected chi connectivity index (χ1v) is 5.86. The van der Waals surface area contributed by atoms with Crippen LogP contribution in [0.25, 0.3) is 6.20 Å². The van der Waals surface area contributed by atoms with Gasteiger partial charge in [-0.2, -0.15) is 0 Å². The van der Waals surface area contributed by atoms with Crippen LogP contribution in [0.3, 0.4) is 0 Å². The zero-order chi connectivity index (χ0) is 14.9. The van der Waals surface area contributed by atoms with Gasteiger partial charge in [0.05, 0.1) is 0 Å². The second-order valence-electron chi connectivity index (χ2n) is 4.48. The summed E-state index contributed by atoms with van der Waals surface area (Å²) in [6, 6.07) is 0. The topological polar surface area (TPSA) is 116 Å². The van der Waals surface area contributed by atoms with Gasteiger partial charge in [0.2, 0.25) is 0 Å². The maximum Gasteiger partial charge on any atom is 0.332 e. The van der Waals surface area contributed by atoms with E-state index in [1.54, 1.807) is 19.1 Å². The SMILES string of the molecule is Cc1cn(C=C2CC=CC=C2C(O)(O)O)c(=O)[nH]c1=O. The molecule has 1 aliphatic rings. The Morgan fingerprint density at radius 2 is 2.05 bits per heavy atom. The van der Waals surface area contributed by atoms with Crippen LogP contribution in [0, 0.1) is 6.92 Å². The second-order valence-corrected chi connectivity index (χ2v) is 4.48. The quantitative estimate of drug-likeness (QED) is 0.529. The lowest BCUT2D eigenvalue weighted by atomic mass is 9.97. The number of rotatable bonds is 2. The van der Waals surface area contributed by atoms with Crippen LogP contribution in [-0.4, -0.2) is 30.8 Å². The Balaban J connectivity index is 2.53. The van der Waals surface area contributed by atoms with Crippen molar-refractivity contribution in [3.63, 3.8) is 0 Å². The standard InChI is InChI=1S/C13H14N2O5/c1-8-6-15(12(17)14-11(8)16)7-9-4-2-3-5-10(9)13(18,19)20/h2-3,5-7,18-20H,4H2,1H3,(H,14,16,17). The molecule has 7 heteroatoms. The molecule has 0 radical (unpaired) electrons. The number of hydrogen-bond donors (Lipinski definition) is 4. The van der Waals surface area contributed by atoms with Crippen molar-refractivity contribution in [3.05, 3.63) is 62.0 Å². The van der Waals surface area contributed by atoms with Gasteiger partial charge >= 0.3 is 11.7 Å². The van der Waals surface area contributed by atoms with Crippen LogP contribution >= 0.6 is 0 Å². The predicted octanol–water partition coefficient (Wildman–Crippen LogP) is -0.797. The van der Waals surface area contributed by atoms with Crippen LogP contribution in [0.4, 0.5) is 0 Å². The highest BCUT2D eigenvalue weighted by Gasteiger charge is 2.28. The Labute approximate surface area is 113 Å². The molecule has 20 heavy (non-hydrogen) atoms. The summed E-state index contributed by atoms with van der Waals surface area (Å²) in [4.78, 5) is 25.1. The molecule has 0 bridgehead atoms. The minimum Gasteiger partial charge on any atom is -0.340 e. The summed E-state index contributed by atoms with van der Waals surface area (Å²) in [5.41, 5.74) is -0.586. The van der Waals surface area contributed by atoms with Crippen LogP contribution in [0.1, 0.15) is 12.0 Å². The van der Waals surface area contributed by atoms with Crippen molar-refractivity contribution in [2.24, 2.45) is 0 Å². The number of nitrogens with one attached hydrogen (secondary N) is 1. The first kappa shape index (κ1) is 14.2. The van der Waals surface area contributed by atoms with Gasteiger partial charge < -0.3 is 15.3 Å². The first-order chi connectivity index (χ1) is 9.29. The number of allylic oxidation sites excluding steroid dienone is 3. The number of H-pyrrole nitrogens is 1. The highest BCUT2D eigenvalue weighted by molar-refractivity contribution is 5.51. The number of nitrogens with zero attached hydrogens (tertiary/aromatic N) is 1. The molecule has 1 aromatic heterocycles. The molecule has 1 aliphatic carbocycles. The smallest absolute Gasteiger partial charge is 0.332 e. The molecule has 0 atom stereocenters. The van der Waals surface area contributed by atoms with Crippen LogP contribution in [0.15, 0.2) is 45.2 Å². The Kier molecular flexibility index (Phi) is 3.58. The number of aromatic amines is 1. The van der Waals surface area contributed by atoms with Gasteiger partial charge in [0.25, 0.3) is 5.56 Å². The van der Waals surface area contributed by atoms with Crippen LogP contribution in [0.5, 0.6) is 0 Å². The fraction of sp³-hybridized carbons (Fsp3) is 0.231. The van der Waals surface area contributed by atoms with Gasteiger partial charge in [-0.3, -0.25) is 14.3 Å². The summed E-state index contributed by atoms with van der Waals surface area (Å²) in [7, 11) is 0. The maximum absolute atomic E-state index is 11.7. The normalized spacial score (nSPS) is 17.4. The summed E-state index contributed by atoms with van der Waals surface area (Å²) < 4.78 is 1.12. The van der Waals surface area contributed by atoms with Crippen LogP contribution in [-0.2, 0) is 0 Å². The van der Waals surface area contributed by atoms with Crippen LogP contribution in [0.2, 0.25) is 0 Å². The lowest BCUT2D eigenvalue weighted by molar-refractivity contribution is -0.280. The van der Waals surface area contributed by atoms with Gasteiger partial charge in [0, 0.05) is 23.5 Å². The van der Waals surface area contributed by atoms with Crippen molar-refractivity contribution in [1.82, 2.24) is 9.55 Å². The molecule has 0 fully saturated rings. The zero-order valence-electron chi connectivity index (χ0n) is 10.7. The van der Waals surface area contributed by atoms with E-state index in [1.807, 2.05) is 0 Å². The molecule has 1 aromatic rings. The Hall–Kier alpha value is -2.22. The molecule has 7 nitrogen and oxygen atoms in total. The average molecular weight is 278 g/mol. The molecule has 0 aromatic carbocycles. The van der Waals surface area contributed by atoms with Gasteiger partial charge in [-0.25, -0.2) is 4.79 Å². The van der Waals surface area contributed by atoms with Crippen molar-refractivity contribution in [2.45, 2.75) is 19.3 Å². The van der Waals surface area contributed by atoms with Gasteiger partial charge in [-0.05, 0) is 18.9 Å². The van der Waals surface area contributed by atoms with E-state index in [1.165, 1.54) is 18.5 Å². The minimum atomic E-state index is -2.99. The lowest BCUT2D eigenvalue weighted by Gasteiger charge is -2.22. The molecular formula is C13H14N2O5. The monoisotopic (exact) mass is 278 g/mol. The molecule has 0 unspecified atom stereocenters. The van der Waals surface area contributed by atoms with Crippen molar-refractivity contribution in [1.29, 1.82) is 0 Å². The van der Waals surface area contributed by atoms with Gasteiger partial charge in [0.15, 0.2) is 0 Å². The van der Waals surface area contributed by atoms with E-state index in [0.29, 0.717) is 17.6 Å². The van der Waals surface area contributed by atoms with E-state index in [9.17, 15) is 24.9 Å². The second kappa shape index (κ2) is 5.04. The molecule has 0 saturated heterocycles. The Bertz CT molecular complexity index is 728. The highest BCUT2D eigenvalue weighted by atomic mass is 16.7. The molecule has 0 amide bonds. The predicted molar refractivity (Wildman–Crippen MR) is 71.6 cm³/mol. The van der Waals surface area contributed by atoms with Gasteiger partial charge in [-0.1, -0.05) is 18.2 Å². The third-order valence-electron chi connectivity index (χ3n) is 2.88. The van der Waals surface area contributed by atoms with E-state index in [0.717, 1.165) is 4.57 Å². The van der Waals surface area contributed by atoms with Crippen LogP contribution < -0.4 is 11.2 Å². The number of aryl methyl sites for hydroxylation is 1. The first-order valence-electron chi connectivity index (χ1n) is 5.86. The Morgan fingerprint density at radius 1 is 1.35 bits per heavy atom. The molecule has 4 N–H and O–H groups in total. The van der Waals surface area contributed by atoms with Crippen molar-refractivity contribution >= 4 is 6.20 Å². The Morgan fingerprint density at radius 3 is 2.70 bits per heavy atom. The molecular weight excluding hydrogens is 264 g/mol. The third-order valence-corrected chi connectivity index (χ3v) is 2.88. The lowest BCUT2D eigenvalue weighted by Crippen LogP contribution is -2.32. The largest absolute Gasteiger partial charge is 0.340 e. The van der Waals surface area contributed by atoms with E-state index >= 15 is 0 Å². The summed E-state index contributed by atoms with van der Waals surface area (Å²) in [5, 5.41) is 27.8. The number of aliphatic hydroxyl groups is 3. The molecule has 0 saturated carbocycles. The van der Waals surface area contributed by atoms with E-state index in [-0.39, 0.29) is 5.57 Å². The fourth-order valence-corrected chi connectivity index (χ4v) is 1.88. The van der Waals surface area contributed by atoms with E-state index in [2.05, 4.69) is 4.98 Å². The number of hydrogen-bond acceptors (Lipinski definition) is 5. The molecule has 1 heterocycles. The van der Waals surface area contributed by atoms with Crippen molar-refractivity contribution in [2.75, 3.05) is 0 Å². The van der Waals surface area contributed by atoms with Gasteiger partial charge in [0.1, 0.15) is 0 Å². The minimum absolute atomic E-state index is 0.129. The van der Waals surface area contributed by atoms with Gasteiger partial charge in [-0.15, -0.1) is 0 Å². The summed E-state index contributed by atoms with van der Waals surface area (Å²) >= 11 is 0. The average Bonchev–Trinajstić information content (AvgIpc) is 2.35. The summed E-state index contributed by atoms with van der Waals surface area (Å²) in [6.07, 6.45) is 7.59.